The van der Waals surface area contributed by atoms with Gasteiger partial charge in [0.15, 0.2) is 0 Å². The van der Waals surface area contributed by atoms with Gasteiger partial charge in [0.2, 0.25) is 0 Å². The zero-order valence-corrected chi connectivity index (χ0v) is 18.7. The number of para-hydroxylation sites is 1. The van der Waals surface area contributed by atoms with E-state index in [9.17, 15) is 9.90 Å². The van der Waals surface area contributed by atoms with Crippen LogP contribution in [0.3, 0.4) is 0 Å². The molecule has 1 heterocycles. The van der Waals surface area contributed by atoms with Crippen molar-refractivity contribution in [2.75, 3.05) is 19.1 Å². The predicted octanol–water partition coefficient (Wildman–Crippen LogP) is 5.42. The van der Waals surface area contributed by atoms with Crippen LogP contribution >= 0.6 is 24.1 Å². The summed E-state index contributed by atoms with van der Waals surface area (Å²) in [5, 5.41) is 10.3. The summed E-state index contributed by atoms with van der Waals surface area (Å²) in [6, 6.07) is 16.1. The van der Waals surface area contributed by atoms with Crippen LogP contribution in [0, 0.1) is 0 Å². The molecular formula is C23H25NO4S2. The lowest BCUT2D eigenvalue weighted by molar-refractivity contribution is -0.136. The minimum Gasteiger partial charge on any atom is -0.481 e. The summed E-state index contributed by atoms with van der Waals surface area (Å²) >= 11 is 2.69. The molecule has 158 valence electrons. The van der Waals surface area contributed by atoms with Gasteiger partial charge in [0, 0.05) is 24.1 Å². The quantitative estimate of drug-likeness (QED) is 0.397. The minimum atomic E-state index is -0.865. The Morgan fingerprint density at radius 2 is 1.97 bits per heavy atom. The fraction of sp³-hybridized carbons (Fsp3) is 0.304. The first kappa shape index (κ1) is 22.6. The average molecular weight is 444 g/mol. The van der Waals surface area contributed by atoms with E-state index in [0.29, 0.717) is 6.61 Å². The van der Waals surface area contributed by atoms with Crippen LogP contribution in [-0.4, -0.2) is 41.3 Å². The number of benzene rings is 2. The van der Waals surface area contributed by atoms with Crippen molar-refractivity contribution in [1.82, 2.24) is 4.98 Å². The molecule has 2 aromatic carbocycles. The van der Waals surface area contributed by atoms with Gasteiger partial charge >= 0.3 is 5.97 Å². The Morgan fingerprint density at radius 3 is 2.73 bits per heavy atom. The van der Waals surface area contributed by atoms with E-state index < -0.39 is 5.97 Å². The van der Waals surface area contributed by atoms with E-state index in [1.165, 1.54) is 29.6 Å². The molecule has 7 heteroatoms. The van der Waals surface area contributed by atoms with Crippen LogP contribution in [0.15, 0.2) is 54.7 Å². The van der Waals surface area contributed by atoms with Crippen LogP contribution in [0.2, 0.25) is 0 Å². The lowest BCUT2D eigenvalue weighted by Crippen LogP contribution is -2.16. The number of nitrogens with zero attached hydrogens (tertiary/aromatic N) is 1. The minimum absolute atomic E-state index is 0.0143. The molecule has 0 spiro atoms. The largest absolute Gasteiger partial charge is 0.481 e. The number of pyridine rings is 1. The van der Waals surface area contributed by atoms with E-state index in [0.717, 1.165) is 40.4 Å². The van der Waals surface area contributed by atoms with Gasteiger partial charge in [-0.25, -0.2) is 0 Å². The first-order valence-corrected chi connectivity index (χ1v) is 11.9. The normalized spacial score (nSPS) is 12.2. The second kappa shape index (κ2) is 11.4. The molecule has 3 rings (SSSR count). The van der Waals surface area contributed by atoms with E-state index >= 15 is 0 Å². The summed E-state index contributed by atoms with van der Waals surface area (Å²) in [5.41, 5.74) is 4.69. The topological polar surface area (TPSA) is 68.7 Å². The Bertz CT molecular complexity index is 996. The Hall–Kier alpha value is -2.06. The zero-order valence-electron chi connectivity index (χ0n) is 17.0. The van der Waals surface area contributed by atoms with Crippen LogP contribution < -0.4 is 0 Å². The molecule has 0 saturated carbocycles. The molecule has 5 nitrogen and oxygen atoms in total. The molecular weight excluding hydrogens is 418 g/mol. The van der Waals surface area contributed by atoms with Crippen molar-refractivity contribution < 1.29 is 18.3 Å². The Kier molecular flexibility index (Phi) is 8.57. The molecule has 3 aromatic rings. The average Bonchev–Trinajstić information content (AvgIpc) is 2.75. The highest BCUT2D eigenvalue weighted by Crippen LogP contribution is 2.32. The molecule has 0 aliphatic heterocycles. The smallest absolute Gasteiger partial charge is 0.307 e. The molecule has 0 fully saturated rings. The first-order chi connectivity index (χ1) is 14.6. The third kappa shape index (κ3) is 5.98. The van der Waals surface area contributed by atoms with Crippen LogP contribution in [0.25, 0.3) is 22.0 Å². The van der Waals surface area contributed by atoms with Crippen molar-refractivity contribution in [2.45, 2.75) is 25.4 Å². The van der Waals surface area contributed by atoms with Crippen LogP contribution in [0.4, 0.5) is 0 Å². The number of hydrogen-bond donors (Lipinski definition) is 1. The molecule has 0 aliphatic carbocycles. The van der Waals surface area contributed by atoms with Crippen LogP contribution in [0.5, 0.6) is 0 Å². The summed E-state index contributed by atoms with van der Waals surface area (Å²) in [7, 11) is 0. The maximum Gasteiger partial charge on any atom is 0.307 e. The molecule has 1 atom stereocenters. The lowest BCUT2D eigenvalue weighted by atomic mass is 9.93. The van der Waals surface area contributed by atoms with E-state index in [1.807, 2.05) is 48.9 Å². The highest BCUT2D eigenvalue weighted by Gasteiger charge is 2.15. The molecule has 30 heavy (non-hydrogen) atoms. The first-order valence-electron chi connectivity index (χ1n) is 9.65. The second-order valence-electron chi connectivity index (χ2n) is 6.82. The van der Waals surface area contributed by atoms with Gasteiger partial charge in [0.1, 0.15) is 0 Å². The van der Waals surface area contributed by atoms with Gasteiger partial charge in [-0.1, -0.05) is 42.5 Å². The van der Waals surface area contributed by atoms with E-state index in [-0.39, 0.29) is 12.5 Å². The van der Waals surface area contributed by atoms with Crippen LogP contribution in [-0.2, 0) is 26.0 Å². The predicted molar refractivity (Wildman–Crippen MR) is 125 cm³/mol. The van der Waals surface area contributed by atoms with Gasteiger partial charge in [0.05, 0.1) is 24.6 Å². The Balaban J connectivity index is 1.91. The fourth-order valence-electron chi connectivity index (χ4n) is 3.47. The number of fused-ring (bicyclic) bond motifs is 1. The van der Waals surface area contributed by atoms with Gasteiger partial charge in [0.25, 0.3) is 0 Å². The summed E-state index contributed by atoms with van der Waals surface area (Å²) in [6.45, 7) is 0.541. The van der Waals surface area contributed by atoms with Gasteiger partial charge in [-0.3, -0.25) is 9.78 Å². The van der Waals surface area contributed by atoms with Gasteiger partial charge in [-0.2, -0.15) is 0 Å². The van der Waals surface area contributed by atoms with Crippen molar-refractivity contribution >= 4 is 41.0 Å². The summed E-state index contributed by atoms with van der Waals surface area (Å²) in [5.74, 6) is -0.865. The fourth-order valence-corrected chi connectivity index (χ4v) is 4.18. The van der Waals surface area contributed by atoms with E-state index in [4.69, 9.17) is 8.37 Å². The van der Waals surface area contributed by atoms with Crippen LogP contribution in [0.1, 0.15) is 17.5 Å². The highest BCUT2D eigenvalue weighted by molar-refractivity contribution is 7.94. The lowest BCUT2D eigenvalue weighted by Gasteiger charge is -2.16. The number of carboxylic acid groups (broad SMARTS) is 1. The van der Waals surface area contributed by atoms with E-state index in [1.54, 1.807) is 6.20 Å². The summed E-state index contributed by atoms with van der Waals surface area (Å²) < 4.78 is 11.2. The maximum atomic E-state index is 11.4. The number of aryl methyl sites for hydroxylation is 1. The van der Waals surface area contributed by atoms with Crippen molar-refractivity contribution in [3.63, 3.8) is 0 Å². The Labute approximate surface area is 185 Å². The SMILES string of the molecule is CSOCC(CCc1cccc(-c2c(CC(=O)O)cnc3ccccc23)c1)OSC. The Morgan fingerprint density at radius 1 is 1.13 bits per heavy atom. The number of aromatic nitrogens is 1. The number of aliphatic carboxylic acids is 1. The van der Waals surface area contributed by atoms with E-state index in [2.05, 4.69) is 17.1 Å². The maximum absolute atomic E-state index is 11.4. The van der Waals surface area contributed by atoms with Crippen molar-refractivity contribution in [2.24, 2.45) is 0 Å². The van der Waals surface area contributed by atoms with Gasteiger partial charge in [-0.05, 0) is 65.2 Å². The van der Waals surface area contributed by atoms with Crippen molar-refractivity contribution in [3.05, 3.63) is 65.9 Å². The number of hydrogen-bond acceptors (Lipinski definition) is 6. The summed E-state index contributed by atoms with van der Waals surface area (Å²) in [4.78, 5) is 15.9. The molecule has 0 bridgehead atoms. The molecule has 0 amide bonds. The van der Waals surface area contributed by atoms with Crippen molar-refractivity contribution in [1.29, 1.82) is 0 Å². The molecule has 0 radical (unpaired) electrons. The third-order valence-corrected chi connectivity index (χ3v) is 5.61. The zero-order chi connectivity index (χ0) is 21.3. The molecule has 1 N–H and O–H groups in total. The van der Waals surface area contributed by atoms with Gasteiger partial charge in [-0.15, -0.1) is 0 Å². The molecule has 0 aliphatic rings. The molecule has 1 unspecified atom stereocenters. The molecule has 1 aromatic heterocycles. The number of carboxylic acids is 1. The monoisotopic (exact) mass is 443 g/mol. The number of rotatable bonds is 11. The number of carbonyl (C=O) groups is 1. The second-order valence-corrected chi connectivity index (χ2v) is 7.92. The molecule has 0 saturated heterocycles. The third-order valence-electron chi connectivity index (χ3n) is 4.77. The van der Waals surface area contributed by atoms with Gasteiger partial charge < -0.3 is 13.5 Å². The highest BCUT2D eigenvalue weighted by atomic mass is 32.2. The summed E-state index contributed by atoms with van der Waals surface area (Å²) in [6.07, 6.45) is 7.12. The van der Waals surface area contributed by atoms with Crippen molar-refractivity contribution in [3.8, 4) is 11.1 Å². The standard InChI is InChI=1S/C23H25NO4S2/c1-29-27-15-19(28-30-2)11-10-16-6-5-7-17(12-16)23-18(13-22(25)26)14-24-21-9-4-3-8-20(21)23/h3-9,12,14,19H,10-11,13,15H2,1-2H3,(H,25,26).